The van der Waals surface area contributed by atoms with Crippen molar-refractivity contribution in [2.24, 2.45) is 7.05 Å². The van der Waals surface area contributed by atoms with Gasteiger partial charge in [0, 0.05) is 25.8 Å². The van der Waals surface area contributed by atoms with Gasteiger partial charge >= 0.3 is 0 Å². The Hall–Kier alpha value is -2.18. The topological polar surface area (TPSA) is 53.4 Å². The van der Waals surface area contributed by atoms with Crippen LogP contribution in [0.5, 0.6) is 0 Å². The number of nitrogens with zero attached hydrogens (tertiary/aromatic N) is 4. The van der Waals surface area contributed by atoms with Gasteiger partial charge in [0.25, 0.3) is 0 Å². The molecule has 3 rings (SSSR count). The van der Waals surface area contributed by atoms with Crippen LogP contribution in [0.15, 0.2) is 30.5 Å². The highest BCUT2D eigenvalue weighted by Gasteiger charge is 2.26. The third-order valence-corrected chi connectivity index (χ3v) is 5.11. The third-order valence-electron chi connectivity index (χ3n) is 5.11. The van der Waals surface area contributed by atoms with Gasteiger partial charge in [-0.3, -0.25) is 14.4 Å². The van der Waals surface area contributed by atoms with Gasteiger partial charge in [-0.1, -0.05) is 30.7 Å². The summed E-state index contributed by atoms with van der Waals surface area (Å²) in [5.41, 5.74) is 4.26. The molecule has 2 aromatic rings. The third kappa shape index (κ3) is 5.17. The second-order valence-corrected chi connectivity index (χ2v) is 7.81. The maximum atomic E-state index is 12.6. The van der Waals surface area contributed by atoms with Crippen LogP contribution in [0.3, 0.4) is 0 Å². The highest BCUT2D eigenvalue weighted by molar-refractivity contribution is 5.92. The summed E-state index contributed by atoms with van der Waals surface area (Å²) in [7, 11) is 6.03. The van der Waals surface area contributed by atoms with E-state index in [0.717, 1.165) is 37.3 Å². The average molecular weight is 370 g/mol. The summed E-state index contributed by atoms with van der Waals surface area (Å²) in [6, 6.07) is 9.19. The fourth-order valence-corrected chi connectivity index (χ4v) is 3.86. The summed E-state index contributed by atoms with van der Waals surface area (Å²) in [6.07, 6.45) is 5.31. The molecule has 1 saturated heterocycles. The molecule has 1 aliphatic rings. The van der Waals surface area contributed by atoms with Crippen molar-refractivity contribution in [3.63, 3.8) is 0 Å². The molecule has 0 saturated carbocycles. The first-order valence-corrected chi connectivity index (χ1v) is 9.70. The van der Waals surface area contributed by atoms with Crippen LogP contribution in [-0.4, -0.2) is 52.7 Å². The molecule has 1 amide bonds. The minimum atomic E-state index is 0.0298. The Morgan fingerprint density at radius 2 is 2.00 bits per heavy atom. The maximum Gasteiger partial charge on any atom is 0.238 e. The summed E-state index contributed by atoms with van der Waals surface area (Å²) in [6.45, 7) is 4.23. The van der Waals surface area contributed by atoms with Gasteiger partial charge < -0.3 is 10.2 Å². The number of carbonyl (C=O) groups excluding carboxylic acids is 1. The summed E-state index contributed by atoms with van der Waals surface area (Å²) < 4.78 is 1.73. The van der Waals surface area contributed by atoms with Crippen molar-refractivity contribution in [1.29, 1.82) is 0 Å². The lowest BCUT2D eigenvalue weighted by atomic mass is 9.94. The molecule has 0 bridgehead atoms. The molecule has 2 heterocycles. The van der Waals surface area contributed by atoms with Gasteiger partial charge in [-0.2, -0.15) is 5.10 Å². The second-order valence-electron chi connectivity index (χ2n) is 7.81. The Kier molecular flexibility index (Phi) is 6.29. The van der Waals surface area contributed by atoms with Crippen LogP contribution < -0.4 is 5.32 Å². The Morgan fingerprint density at radius 1 is 1.26 bits per heavy atom. The first-order valence-electron chi connectivity index (χ1n) is 9.70. The largest absolute Gasteiger partial charge is 0.322 e. The highest BCUT2D eigenvalue weighted by atomic mass is 16.2. The lowest BCUT2D eigenvalue weighted by molar-refractivity contribution is -0.118. The van der Waals surface area contributed by atoms with Crippen molar-refractivity contribution in [2.45, 2.75) is 38.8 Å². The van der Waals surface area contributed by atoms with E-state index in [1.165, 1.54) is 17.5 Å². The van der Waals surface area contributed by atoms with E-state index in [0.29, 0.717) is 12.6 Å². The van der Waals surface area contributed by atoms with Gasteiger partial charge in [-0.05, 0) is 51.5 Å². The molecule has 1 aliphatic heterocycles. The minimum absolute atomic E-state index is 0.0298. The summed E-state index contributed by atoms with van der Waals surface area (Å²) in [5, 5.41) is 7.30. The van der Waals surface area contributed by atoms with Gasteiger partial charge in [0.2, 0.25) is 5.91 Å². The summed E-state index contributed by atoms with van der Waals surface area (Å²) in [4.78, 5) is 17.1. The van der Waals surface area contributed by atoms with Gasteiger partial charge in [0.05, 0.1) is 17.9 Å². The Morgan fingerprint density at radius 3 is 2.63 bits per heavy atom. The quantitative estimate of drug-likeness (QED) is 0.851. The molecule has 1 fully saturated rings. The van der Waals surface area contributed by atoms with E-state index in [1.807, 2.05) is 20.2 Å². The maximum absolute atomic E-state index is 12.6. The average Bonchev–Trinajstić information content (AvgIpc) is 2.92. The molecule has 0 spiro atoms. The van der Waals surface area contributed by atoms with Crippen molar-refractivity contribution >= 4 is 11.6 Å². The zero-order valence-corrected chi connectivity index (χ0v) is 16.9. The zero-order chi connectivity index (χ0) is 19.4. The van der Waals surface area contributed by atoms with Gasteiger partial charge in [0.1, 0.15) is 0 Å². The van der Waals surface area contributed by atoms with E-state index in [1.54, 1.807) is 4.68 Å². The number of piperidine rings is 1. The van der Waals surface area contributed by atoms with Crippen LogP contribution in [-0.2, 0) is 18.4 Å². The van der Waals surface area contributed by atoms with E-state index in [9.17, 15) is 4.79 Å². The Labute approximate surface area is 162 Å². The number of benzene rings is 1. The van der Waals surface area contributed by atoms with Crippen molar-refractivity contribution < 1.29 is 4.79 Å². The predicted octanol–water partition coefficient (Wildman–Crippen LogP) is 2.96. The number of anilines is 1. The molecule has 0 aliphatic carbocycles. The molecule has 1 aromatic heterocycles. The molecule has 146 valence electrons. The van der Waals surface area contributed by atoms with E-state index in [2.05, 4.69) is 58.6 Å². The number of nitrogens with one attached hydrogen (secondary N) is 1. The number of aromatic nitrogens is 2. The first-order chi connectivity index (χ1) is 12.9. The van der Waals surface area contributed by atoms with E-state index in [-0.39, 0.29) is 5.91 Å². The standard InChI is InChI=1S/C21H31N5O/c1-16-19(14-25(4)23-16)22-21(27)15-26-12-6-5-7-20(26)18-10-8-17(9-11-18)13-24(2)3/h8-11,14,20H,5-7,12-13,15H2,1-4H3,(H,22,27). The van der Waals surface area contributed by atoms with Crippen molar-refractivity contribution in [2.75, 3.05) is 32.5 Å². The van der Waals surface area contributed by atoms with Crippen LogP contribution in [0.25, 0.3) is 0 Å². The molecular weight excluding hydrogens is 338 g/mol. The molecule has 1 aromatic carbocycles. The number of carbonyl (C=O) groups is 1. The number of amides is 1. The summed E-state index contributed by atoms with van der Waals surface area (Å²) >= 11 is 0. The molecular formula is C21H31N5O. The fourth-order valence-electron chi connectivity index (χ4n) is 3.86. The molecule has 1 atom stereocenters. The number of rotatable bonds is 6. The van der Waals surface area contributed by atoms with Gasteiger partial charge in [-0.15, -0.1) is 0 Å². The van der Waals surface area contributed by atoms with E-state index < -0.39 is 0 Å². The van der Waals surface area contributed by atoms with Crippen molar-refractivity contribution in [3.05, 3.63) is 47.3 Å². The second kappa shape index (κ2) is 8.67. The van der Waals surface area contributed by atoms with Crippen LogP contribution in [0.1, 0.15) is 42.1 Å². The normalized spacial score (nSPS) is 18.0. The van der Waals surface area contributed by atoms with Gasteiger partial charge in [-0.25, -0.2) is 0 Å². The molecule has 1 unspecified atom stereocenters. The number of likely N-dealkylation sites (tertiary alicyclic amines) is 1. The molecule has 0 radical (unpaired) electrons. The van der Waals surface area contributed by atoms with E-state index >= 15 is 0 Å². The highest BCUT2D eigenvalue weighted by Crippen LogP contribution is 2.31. The molecule has 27 heavy (non-hydrogen) atoms. The zero-order valence-electron chi connectivity index (χ0n) is 16.9. The van der Waals surface area contributed by atoms with E-state index in [4.69, 9.17) is 0 Å². The molecule has 6 nitrogen and oxygen atoms in total. The number of hydrogen-bond acceptors (Lipinski definition) is 4. The lowest BCUT2D eigenvalue weighted by Gasteiger charge is -2.35. The van der Waals surface area contributed by atoms with Crippen LogP contribution in [0, 0.1) is 6.92 Å². The Balaban J connectivity index is 1.66. The van der Waals surface area contributed by atoms with Crippen LogP contribution in [0.2, 0.25) is 0 Å². The fraction of sp³-hybridized carbons (Fsp3) is 0.524. The SMILES string of the molecule is Cc1nn(C)cc1NC(=O)CN1CCCCC1c1ccc(CN(C)C)cc1. The van der Waals surface area contributed by atoms with Gasteiger partial charge in [0.15, 0.2) is 0 Å². The summed E-state index contributed by atoms with van der Waals surface area (Å²) in [5.74, 6) is 0.0298. The number of aryl methyl sites for hydroxylation is 2. The van der Waals surface area contributed by atoms with Crippen LogP contribution >= 0.6 is 0 Å². The monoisotopic (exact) mass is 369 g/mol. The number of hydrogen-bond donors (Lipinski definition) is 1. The first kappa shape index (κ1) is 19.6. The Bertz CT molecular complexity index is 765. The lowest BCUT2D eigenvalue weighted by Crippen LogP contribution is -2.39. The predicted molar refractivity (Wildman–Crippen MR) is 109 cm³/mol. The smallest absolute Gasteiger partial charge is 0.238 e. The minimum Gasteiger partial charge on any atom is -0.322 e. The molecule has 6 heteroatoms. The van der Waals surface area contributed by atoms with Crippen LogP contribution in [0.4, 0.5) is 5.69 Å². The van der Waals surface area contributed by atoms with Crippen molar-refractivity contribution in [1.82, 2.24) is 19.6 Å². The molecule has 1 N–H and O–H groups in total. The van der Waals surface area contributed by atoms with Crippen molar-refractivity contribution in [3.8, 4) is 0 Å².